The van der Waals surface area contributed by atoms with Crippen molar-refractivity contribution in [3.63, 3.8) is 0 Å². The van der Waals surface area contributed by atoms with Crippen molar-refractivity contribution in [2.45, 2.75) is 33.7 Å². The molecule has 0 saturated heterocycles. The van der Waals surface area contributed by atoms with E-state index in [0.29, 0.717) is 0 Å². The molecule has 0 N–H and O–H groups in total. The van der Waals surface area contributed by atoms with Gasteiger partial charge in [-0.2, -0.15) is 0 Å². The molecule has 0 bridgehead atoms. The number of hydrogen-bond donors (Lipinski definition) is 0. The maximum atomic E-state index is 11.5. The van der Waals surface area contributed by atoms with E-state index < -0.39 is 0 Å². The molecule has 13 heavy (non-hydrogen) atoms. The summed E-state index contributed by atoms with van der Waals surface area (Å²) in [6.45, 7) is 6.98. The summed E-state index contributed by atoms with van der Waals surface area (Å²) < 4.78 is 2.07. The van der Waals surface area contributed by atoms with Gasteiger partial charge in [-0.05, 0) is 12.5 Å². The van der Waals surface area contributed by atoms with Gasteiger partial charge in [-0.15, -0.1) is 0 Å². The first kappa shape index (κ1) is 10.0. The Labute approximate surface area is 79.6 Å². The number of aromatic nitrogens is 1. The highest BCUT2D eigenvalue weighted by Gasteiger charge is 2.10. The average Bonchev–Trinajstić information content (AvgIpc) is 2.52. The van der Waals surface area contributed by atoms with Crippen LogP contribution in [0.2, 0.25) is 0 Å². The number of nitrogens with zero attached hydrogens (tertiary/aromatic N) is 1. The topological polar surface area (TPSA) is 22.0 Å². The van der Waals surface area contributed by atoms with Crippen molar-refractivity contribution in [1.29, 1.82) is 0 Å². The first-order chi connectivity index (χ1) is 6.15. The van der Waals surface area contributed by atoms with E-state index in [4.69, 9.17) is 0 Å². The second kappa shape index (κ2) is 4.26. The van der Waals surface area contributed by atoms with Crippen LogP contribution < -0.4 is 0 Å². The molecule has 0 amide bonds. The van der Waals surface area contributed by atoms with Crippen LogP contribution in [0.1, 0.15) is 37.6 Å². The van der Waals surface area contributed by atoms with Gasteiger partial charge in [-0.3, -0.25) is 4.79 Å². The van der Waals surface area contributed by atoms with E-state index in [0.717, 1.165) is 18.5 Å². The minimum absolute atomic E-state index is 0.0949. The van der Waals surface area contributed by atoms with Crippen LogP contribution in [0.5, 0.6) is 0 Å². The predicted octanol–water partition coefficient (Wildman–Crippen LogP) is 2.74. The molecule has 1 rings (SSSR count). The third-order valence-corrected chi connectivity index (χ3v) is 2.04. The van der Waals surface area contributed by atoms with E-state index in [9.17, 15) is 4.79 Å². The molecule has 0 saturated carbocycles. The Morgan fingerprint density at radius 3 is 2.77 bits per heavy atom. The SMILES string of the molecule is CCCn1ccc(C(=O)C(C)C)c1. The van der Waals surface area contributed by atoms with Crippen molar-refractivity contribution < 1.29 is 4.79 Å². The van der Waals surface area contributed by atoms with Crippen molar-refractivity contribution >= 4 is 5.78 Å². The van der Waals surface area contributed by atoms with Crippen molar-refractivity contribution in [2.24, 2.45) is 5.92 Å². The van der Waals surface area contributed by atoms with Crippen LogP contribution >= 0.6 is 0 Å². The highest BCUT2D eigenvalue weighted by atomic mass is 16.1. The fourth-order valence-electron chi connectivity index (χ4n) is 1.32. The zero-order chi connectivity index (χ0) is 9.84. The van der Waals surface area contributed by atoms with Crippen LogP contribution in [-0.2, 0) is 6.54 Å². The second-order valence-electron chi connectivity index (χ2n) is 3.66. The van der Waals surface area contributed by atoms with Crippen LogP contribution in [0.25, 0.3) is 0 Å². The van der Waals surface area contributed by atoms with Crippen LogP contribution in [-0.4, -0.2) is 10.4 Å². The molecule has 2 nitrogen and oxygen atoms in total. The van der Waals surface area contributed by atoms with Crippen molar-refractivity contribution in [3.05, 3.63) is 24.0 Å². The lowest BCUT2D eigenvalue weighted by Gasteiger charge is -2.00. The Balaban J connectivity index is 2.73. The Morgan fingerprint density at radius 1 is 1.54 bits per heavy atom. The molecular weight excluding hydrogens is 162 g/mol. The van der Waals surface area contributed by atoms with Crippen LogP contribution in [0, 0.1) is 5.92 Å². The molecule has 0 unspecified atom stereocenters. The van der Waals surface area contributed by atoms with Gasteiger partial charge >= 0.3 is 0 Å². The number of carbonyl (C=O) groups is 1. The molecule has 1 heterocycles. The fourth-order valence-corrected chi connectivity index (χ4v) is 1.32. The number of carbonyl (C=O) groups excluding carboxylic acids is 1. The monoisotopic (exact) mass is 179 g/mol. The first-order valence-corrected chi connectivity index (χ1v) is 4.85. The smallest absolute Gasteiger partial charge is 0.166 e. The third kappa shape index (κ3) is 2.44. The van der Waals surface area contributed by atoms with Gasteiger partial charge in [0.25, 0.3) is 0 Å². The molecule has 2 heteroatoms. The molecule has 1 aromatic heterocycles. The Bertz CT molecular complexity index is 286. The molecule has 0 spiro atoms. The Hall–Kier alpha value is -1.05. The lowest BCUT2D eigenvalue weighted by atomic mass is 10.0. The maximum absolute atomic E-state index is 11.5. The van der Waals surface area contributed by atoms with Gasteiger partial charge in [0.15, 0.2) is 5.78 Å². The Morgan fingerprint density at radius 2 is 2.23 bits per heavy atom. The van der Waals surface area contributed by atoms with E-state index in [1.54, 1.807) is 0 Å². The summed E-state index contributed by atoms with van der Waals surface area (Å²) in [5.74, 6) is 0.326. The number of hydrogen-bond acceptors (Lipinski definition) is 1. The highest BCUT2D eigenvalue weighted by Crippen LogP contribution is 2.09. The molecule has 1 aromatic rings. The molecule has 0 aliphatic carbocycles. The minimum Gasteiger partial charge on any atom is -0.354 e. The van der Waals surface area contributed by atoms with Crippen molar-refractivity contribution in [1.82, 2.24) is 4.57 Å². The normalized spacial score (nSPS) is 10.8. The second-order valence-corrected chi connectivity index (χ2v) is 3.66. The molecule has 0 atom stereocenters. The minimum atomic E-state index is 0.0949. The molecule has 0 aromatic carbocycles. The standard InChI is InChI=1S/C11H17NO/c1-4-6-12-7-5-10(8-12)11(13)9(2)3/h5,7-9H,4,6H2,1-3H3. The van der Waals surface area contributed by atoms with Gasteiger partial charge in [0.05, 0.1) is 0 Å². The third-order valence-electron chi connectivity index (χ3n) is 2.04. The van der Waals surface area contributed by atoms with Crippen LogP contribution in [0.4, 0.5) is 0 Å². The van der Waals surface area contributed by atoms with E-state index in [2.05, 4.69) is 11.5 Å². The number of rotatable bonds is 4. The summed E-state index contributed by atoms with van der Waals surface area (Å²) >= 11 is 0. The Kier molecular flexibility index (Phi) is 3.29. The molecule has 72 valence electrons. The lowest BCUT2D eigenvalue weighted by Crippen LogP contribution is -2.06. The van der Waals surface area contributed by atoms with Gasteiger partial charge in [0.1, 0.15) is 0 Å². The zero-order valence-corrected chi connectivity index (χ0v) is 8.58. The van der Waals surface area contributed by atoms with E-state index in [-0.39, 0.29) is 11.7 Å². The zero-order valence-electron chi connectivity index (χ0n) is 8.58. The first-order valence-electron chi connectivity index (χ1n) is 4.85. The van der Waals surface area contributed by atoms with Crippen LogP contribution in [0.15, 0.2) is 18.5 Å². The molecular formula is C11H17NO. The number of Topliss-reactive ketones (excluding diaryl/α,β-unsaturated/α-hetero) is 1. The summed E-state index contributed by atoms with van der Waals surface area (Å²) in [6.07, 6.45) is 5.01. The van der Waals surface area contributed by atoms with E-state index in [1.807, 2.05) is 32.3 Å². The van der Waals surface area contributed by atoms with Gasteiger partial charge in [0, 0.05) is 30.4 Å². The summed E-state index contributed by atoms with van der Waals surface area (Å²) in [5, 5.41) is 0. The van der Waals surface area contributed by atoms with Crippen molar-refractivity contribution in [2.75, 3.05) is 0 Å². The predicted molar refractivity (Wildman–Crippen MR) is 53.9 cm³/mol. The summed E-state index contributed by atoms with van der Waals surface area (Å²) in [5.41, 5.74) is 0.837. The molecule has 0 radical (unpaired) electrons. The molecule has 0 aliphatic rings. The van der Waals surface area contributed by atoms with Crippen molar-refractivity contribution in [3.8, 4) is 0 Å². The summed E-state index contributed by atoms with van der Waals surface area (Å²) in [6, 6.07) is 1.90. The van der Waals surface area contributed by atoms with E-state index in [1.165, 1.54) is 0 Å². The largest absolute Gasteiger partial charge is 0.354 e. The quantitative estimate of drug-likeness (QED) is 0.651. The average molecular weight is 179 g/mol. The maximum Gasteiger partial charge on any atom is 0.166 e. The van der Waals surface area contributed by atoms with E-state index >= 15 is 0 Å². The van der Waals surface area contributed by atoms with Gasteiger partial charge in [-0.25, -0.2) is 0 Å². The summed E-state index contributed by atoms with van der Waals surface area (Å²) in [7, 11) is 0. The highest BCUT2D eigenvalue weighted by molar-refractivity contribution is 5.97. The van der Waals surface area contributed by atoms with Gasteiger partial charge < -0.3 is 4.57 Å². The molecule has 0 aliphatic heterocycles. The van der Waals surface area contributed by atoms with Crippen LogP contribution in [0.3, 0.4) is 0 Å². The lowest BCUT2D eigenvalue weighted by molar-refractivity contribution is 0.0939. The molecule has 0 fully saturated rings. The summed E-state index contributed by atoms with van der Waals surface area (Å²) in [4.78, 5) is 11.5. The fraction of sp³-hybridized carbons (Fsp3) is 0.545. The number of ketones is 1. The van der Waals surface area contributed by atoms with Gasteiger partial charge in [-0.1, -0.05) is 20.8 Å². The van der Waals surface area contributed by atoms with Gasteiger partial charge in [0.2, 0.25) is 0 Å². The number of aryl methyl sites for hydroxylation is 1.